The van der Waals surface area contributed by atoms with Crippen molar-refractivity contribution in [2.75, 3.05) is 34.9 Å². The molecule has 0 fully saturated rings. The molecule has 2 aromatic heterocycles. The number of hydrogen-bond acceptors (Lipinski definition) is 6. The highest BCUT2D eigenvalue weighted by Crippen LogP contribution is 2.32. The Hall–Kier alpha value is -3.71. The number of ether oxygens (including phenoxy) is 2. The van der Waals surface area contributed by atoms with Gasteiger partial charge in [-0.3, -0.25) is 9.67 Å². The smallest absolute Gasteiger partial charge is 0.123 e. The number of aromatic nitrogens is 4. The Morgan fingerprint density at radius 1 is 0.969 bits per heavy atom. The van der Waals surface area contributed by atoms with E-state index in [4.69, 9.17) is 14.5 Å². The van der Waals surface area contributed by atoms with Crippen molar-refractivity contribution < 1.29 is 9.47 Å². The van der Waals surface area contributed by atoms with Crippen LogP contribution in [0.25, 0.3) is 27.9 Å². The summed E-state index contributed by atoms with van der Waals surface area (Å²) in [6.07, 6.45) is 7.72. The van der Waals surface area contributed by atoms with Crippen LogP contribution in [0.1, 0.15) is 11.1 Å². The minimum atomic E-state index is 0.745. The molecule has 2 heterocycles. The average molecular weight is 430 g/mol. The third-order valence-electron chi connectivity index (χ3n) is 5.18. The summed E-state index contributed by atoms with van der Waals surface area (Å²) in [5, 5.41) is 4.24. The third kappa shape index (κ3) is 4.63. The van der Waals surface area contributed by atoms with Gasteiger partial charge in [-0.05, 0) is 55.1 Å². The monoisotopic (exact) mass is 429 g/mol. The van der Waals surface area contributed by atoms with E-state index in [2.05, 4.69) is 33.2 Å². The van der Waals surface area contributed by atoms with Crippen LogP contribution in [0.2, 0.25) is 0 Å². The van der Waals surface area contributed by atoms with Gasteiger partial charge < -0.3 is 14.4 Å². The zero-order valence-electron chi connectivity index (χ0n) is 19.0. The van der Waals surface area contributed by atoms with Gasteiger partial charge in [0.2, 0.25) is 0 Å². The molecule has 164 valence electrons. The summed E-state index contributed by atoms with van der Waals surface area (Å²) in [5.74, 6) is 1.49. The summed E-state index contributed by atoms with van der Waals surface area (Å²) < 4.78 is 12.8. The van der Waals surface area contributed by atoms with Gasteiger partial charge >= 0.3 is 0 Å². The number of aryl methyl sites for hydroxylation is 1. The van der Waals surface area contributed by atoms with Crippen LogP contribution in [-0.2, 0) is 7.05 Å². The van der Waals surface area contributed by atoms with Crippen molar-refractivity contribution in [3.8, 4) is 22.8 Å². The first-order chi connectivity index (χ1) is 15.5. The quantitative estimate of drug-likeness (QED) is 0.442. The van der Waals surface area contributed by atoms with Crippen molar-refractivity contribution >= 4 is 16.6 Å². The highest BCUT2D eigenvalue weighted by atomic mass is 16.5. The molecule has 0 N–H and O–H groups in total. The van der Waals surface area contributed by atoms with Crippen molar-refractivity contribution in [3.63, 3.8) is 0 Å². The molecular formula is C25H27N5O2. The molecule has 0 saturated carbocycles. The minimum Gasteiger partial charge on any atom is -0.497 e. The van der Waals surface area contributed by atoms with Gasteiger partial charge in [-0.15, -0.1) is 0 Å². The Morgan fingerprint density at radius 3 is 2.34 bits per heavy atom. The molecule has 0 atom stereocenters. The van der Waals surface area contributed by atoms with Crippen LogP contribution >= 0.6 is 0 Å². The number of rotatable bonds is 7. The fraction of sp³-hybridized carbons (Fsp3) is 0.240. The highest BCUT2D eigenvalue weighted by Gasteiger charge is 2.12. The molecule has 0 saturated heterocycles. The molecule has 32 heavy (non-hydrogen) atoms. The number of hydrogen-bond donors (Lipinski definition) is 0. The summed E-state index contributed by atoms with van der Waals surface area (Å²) >= 11 is 0. The first kappa shape index (κ1) is 21.5. The summed E-state index contributed by atoms with van der Waals surface area (Å²) in [6.45, 7) is 0.786. The second kappa shape index (κ2) is 9.20. The van der Waals surface area contributed by atoms with Crippen molar-refractivity contribution in [3.05, 3.63) is 72.2 Å². The number of benzene rings is 2. The molecule has 0 spiro atoms. The summed E-state index contributed by atoms with van der Waals surface area (Å²) in [5.41, 5.74) is 6.54. The normalized spacial score (nSPS) is 11.9. The maximum absolute atomic E-state index is 5.50. The molecule has 0 unspecified atom stereocenters. The van der Waals surface area contributed by atoms with Gasteiger partial charge in [-0.1, -0.05) is 12.1 Å². The molecule has 0 aliphatic rings. The van der Waals surface area contributed by atoms with Gasteiger partial charge in [0.05, 0.1) is 43.3 Å². The SMILES string of the molecule is COc1cc(OC)cc(C(=CCN(C)C)c2ccc3ncc(-c4cnn(C)c4)nc3c2)c1. The zero-order valence-corrected chi connectivity index (χ0v) is 19.0. The fourth-order valence-electron chi connectivity index (χ4n) is 3.51. The van der Waals surface area contributed by atoms with E-state index < -0.39 is 0 Å². The van der Waals surface area contributed by atoms with Gasteiger partial charge in [0.25, 0.3) is 0 Å². The molecule has 7 heteroatoms. The lowest BCUT2D eigenvalue weighted by atomic mass is 9.96. The lowest BCUT2D eigenvalue weighted by Gasteiger charge is -2.14. The van der Waals surface area contributed by atoms with E-state index in [1.54, 1.807) is 31.3 Å². The molecule has 4 rings (SSSR count). The molecule has 7 nitrogen and oxygen atoms in total. The third-order valence-corrected chi connectivity index (χ3v) is 5.18. The van der Waals surface area contributed by atoms with Gasteiger partial charge in [-0.25, -0.2) is 4.98 Å². The van der Waals surface area contributed by atoms with E-state index in [0.717, 1.165) is 57.0 Å². The van der Waals surface area contributed by atoms with Crippen LogP contribution in [-0.4, -0.2) is 59.5 Å². The van der Waals surface area contributed by atoms with Crippen LogP contribution in [0.4, 0.5) is 0 Å². The Balaban J connectivity index is 1.83. The molecule has 0 bridgehead atoms. The lowest BCUT2D eigenvalue weighted by molar-refractivity contribution is 0.394. The van der Waals surface area contributed by atoms with Crippen molar-refractivity contribution in [1.82, 2.24) is 24.6 Å². The molecule has 2 aromatic carbocycles. The van der Waals surface area contributed by atoms with Crippen LogP contribution in [0, 0.1) is 0 Å². The van der Waals surface area contributed by atoms with Crippen LogP contribution in [0.5, 0.6) is 11.5 Å². The van der Waals surface area contributed by atoms with E-state index in [-0.39, 0.29) is 0 Å². The molecule has 0 amide bonds. The van der Waals surface area contributed by atoms with E-state index in [1.165, 1.54) is 0 Å². The maximum atomic E-state index is 5.50. The second-order valence-electron chi connectivity index (χ2n) is 7.84. The van der Waals surface area contributed by atoms with Gasteiger partial charge in [0.15, 0.2) is 0 Å². The lowest BCUT2D eigenvalue weighted by Crippen LogP contribution is -2.11. The number of nitrogens with zero attached hydrogens (tertiary/aromatic N) is 5. The van der Waals surface area contributed by atoms with Crippen molar-refractivity contribution in [2.24, 2.45) is 7.05 Å². The minimum absolute atomic E-state index is 0.745. The topological polar surface area (TPSA) is 65.3 Å². The summed E-state index contributed by atoms with van der Waals surface area (Å²) in [6, 6.07) is 12.1. The molecule has 0 radical (unpaired) electrons. The van der Waals surface area contributed by atoms with Crippen LogP contribution < -0.4 is 9.47 Å². The summed E-state index contributed by atoms with van der Waals surface area (Å²) in [4.78, 5) is 11.6. The number of methoxy groups -OCH3 is 2. The Morgan fingerprint density at radius 2 is 1.72 bits per heavy atom. The fourth-order valence-corrected chi connectivity index (χ4v) is 3.51. The maximum Gasteiger partial charge on any atom is 0.123 e. The van der Waals surface area contributed by atoms with E-state index in [9.17, 15) is 0 Å². The van der Waals surface area contributed by atoms with Crippen LogP contribution in [0.3, 0.4) is 0 Å². The second-order valence-corrected chi connectivity index (χ2v) is 7.84. The molecule has 0 aliphatic carbocycles. The predicted molar refractivity (Wildman–Crippen MR) is 127 cm³/mol. The van der Waals surface area contributed by atoms with E-state index in [0.29, 0.717) is 0 Å². The van der Waals surface area contributed by atoms with Crippen molar-refractivity contribution in [2.45, 2.75) is 0 Å². The van der Waals surface area contributed by atoms with Crippen molar-refractivity contribution in [1.29, 1.82) is 0 Å². The largest absolute Gasteiger partial charge is 0.497 e. The Labute approximate surface area is 187 Å². The Kier molecular flexibility index (Phi) is 6.18. The van der Waals surface area contributed by atoms with Gasteiger partial charge in [0, 0.05) is 31.4 Å². The van der Waals surface area contributed by atoms with E-state index >= 15 is 0 Å². The summed E-state index contributed by atoms with van der Waals surface area (Å²) in [7, 11) is 9.31. The molecular weight excluding hydrogens is 402 g/mol. The Bertz CT molecular complexity index is 1250. The molecule has 4 aromatic rings. The first-order valence-corrected chi connectivity index (χ1v) is 10.3. The standard InChI is InChI=1S/C25H27N5O2/c1-29(2)9-8-22(18-10-20(31-4)13-21(11-18)32-5)17-6-7-23-24(12-17)28-25(15-26-23)19-14-27-30(3)16-19/h6-8,10-16H,9H2,1-5H3. The van der Waals surface area contributed by atoms with E-state index in [1.807, 2.05) is 51.6 Å². The van der Waals surface area contributed by atoms with Crippen LogP contribution in [0.15, 0.2) is 61.1 Å². The zero-order chi connectivity index (χ0) is 22.7. The first-order valence-electron chi connectivity index (χ1n) is 10.3. The number of likely N-dealkylation sites (N-methyl/N-ethyl adjacent to an activating group) is 1. The highest BCUT2D eigenvalue weighted by molar-refractivity contribution is 5.87. The number of fused-ring (bicyclic) bond motifs is 1. The van der Waals surface area contributed by atoms with Gasteiger partial charge in [-0.2, -0.15) is 5.10 Å². The average Bonchev–Trinajstić information content (AvgIpc) is 3.24. The predicted octanol–water partition coefficient (Wildman–Crippen LogP) is 4.04. The van der Waals surface area contributed by atoms with Gasteiger partial charge in [0.1, 0.15) is 11.5 Å². The molecule has 0 aliphatic heterocycles.